The molecule has 2 fully saturated rings. The van der Waals surface area contributed by atoms with Gasteiger partial charge < -0.3 is 9.88 Å². The highest BCUT2D eigenvalue weighted by atomic mass is 19.3. The van der Waals surface area contributed by atoms with E-state index in [2.05, 4.69) is 48.6 Å². The average molecular weight is 553 g/mol. The highest BCUT2D eigenvalue weighted by Crippen LogP contribution is 2.38. The number of benzene rings is 1. The number of nitrogens with one attached hydrogen (secondary N) is 1. The lowest BCUT2D eigenvalue weighted by Gasteiger charge is -2.18. The third-order valence-electron chi connectivity index (χ3n) is 7.36. The van der Waals surface area contributed by atoms with E-state index < -0.39 is 6.43 Å². The maximum absolute atomic E-state index is 13.0. The number of fused-ring (bicyclic) bond motifs is 1. The molecular weight excluding hydrogens is 502 g/mol. The molecule has 2 saturated carbocycles. The number of allylic oxidation sites excluding steroid dienone is 2. The molecule has 0 amide bonds. The van der Waals surface area contributed by atoms with E-state index in [9.17, 15) is 14.0 Å². The van der Waals surface area contributed by atoms with E-state index in [1.54, 1.807) is 12.3 Å². The number of rotatable bonds is 6. The van der Waals surface area contributed by atoms with Crippen molar-refractivity contribution in [3.63, 3.8) is 0 Å². The van der Waals surface area contributed by atoms with E-state index in [-0.39, 0.29) is 12.5 Å². The highest BCUT2D eigenvalue weighted by molar-refractivity contribution is 6.13. The van der Waals surface area contributed by atoms with Crippen molar-refractivity contribution in [1.29, 1.82) is 5.26 Å². The number of nitriles is 1. The number of alkyl halides is 2. The molecule has 6 heteroatoms. The van der Waals surface area contributed by atoms with Gasteiger partial charge in [0, 0.05) is 43.2 Å². The van der Waals surface area contributed by atoms with Crippen LogP contribution in [0.25, 0.3) is 10.9 Å². The Bertz CT molecular complexity index is 1190. The summed E-state index contributed by atoms with van der Waals surface area (Å²) in [5.41, 5.74) is 4.56. The number of aromatic nitrogens is 1. The molecule has 5 rings (SSSR count). The first-order valence-corrected chi connectivity index (χ1v) is 15.3. The zero-order valence-electron chi connectivity index (χ0n) is 25.7. The first kappa shape index (κ1) is 33.3. The van der Waals surface area contributed by atoms with Crippen molar-refractivity contribution in [2.24, 2.45) is 16.8 Å². The molecule has 2 aromatic rings. The molecule has 0 spiro atoms. The molecule has 0 radical (unpaired) electrons. The van der Waals surface area contributed by atoms with Crippen LogP contribution in [0, 0.1) is 23.2 Å². The lowest BCUT2D eigenvalue weighted by atomic mass is 10.1. The normalized spacial score (nSPS) is 16.6. The number of hydrogen-bond acceptors (Lipinski definition) is 3. The first-order chi connectivity index (χ1) is 19.3. The molecule has 2 aliphatic carbocycles. The summed E-state index contributed by atoms with van der Waals surface area (Å²) in [6.07, 6.45) is 12.4. The lowest BCUT2D eigenvalue weighted by molar-refractivity contribution is 0.149. The summed E-state index contributed by atoms with van der Waals surface area (Å²) in [5.74, 6) is 2.06. The topological polar surface area (TPSA) is 53.1 Å². The van der Waals surface area contributed by atoms with Gasteiger partial charge in [-0.1, -0.05) is 79.0 Å². The molecule has 2 heterocycles. The molecule has 0 unspecified atom stereocenters. The summed E-state index contributed by atoms with van der Waals surface area (Å²) in [4.78, 5) is 4.67. The number of hydrogen-bond donors (Lipinski definition) is 1. The summed E-state index contributed by atoms with van der Waals surface area (Å²) in [7, 11) is 1.86. The van der Waals surface area contributed by atoms with Crippen molar-refractivity contribution in [2.75, 3.05) is 7.05 Å². The average Bonchev–Trinajstić information content (AvgIpc) is 3.64. The van der Waals surface area contributed by atoms with E-state index in [1.165, 1.54) is 19.3 Å². The number of halogens is 2. The van der Waals surface area contributed by atoms with E-state index >= 15 is 0 Å². The van der Waals surface area contributed by atoms with E-state index in [0.717, 1.165) is 71.9 Å². The Hall–Kier alpha value is -2.94. The molecular formula is C34H50F2N4. The predicted molar refractivity (Wildman–Crippen MR) is 166 cm³/mol. The van der Waals surface area contributed by atoms with Gasteiger partial charge in [0.1, 0.15) is 6.07 Å². The number of aliphatic imine (C=N–C) groups is 1. The van der Waals surface area contributed by atoms with Crippen molar-refractivity contribution < 1.29 is 8.78 Å². The summed E-state index contributed by atoms with van der Waals surface area (Å²) in [6, 6.07) is 7.98. The molecule has 220 valence electrons. The molecule has 40 heavy (non-hydrogen) atoms. The monoisotopic (exact) mass is 552 g/mol. The quantitative estimate of drug-likeness (QED) is 0.388. The van der Waals surface area contributed by atoms with Gasteiger partial charge in [0.25, 0.3) is 0 Å². The SMILES string of the molecule is CC.CC(C)C1CC1.CCC.CNC1=CN=C(c2c(C#N)c3ccc(CC(F)F)cc3n2C2CCCC2)C=CC1. The Morgan fingerprint density at radius 2 is 1.75 bits per heavy atom. The number of nitrogens with zero attached hydrogens (tertiary/aromatic N) is 3. The lowest BCUT2D eigenvalue weighted by Crippen LogP contribution is -2.13. The minimum Gasteiger partial charge on any atom is -0.390 e. The Morgan fingerprint density at radius 1 is 1.10 bits per heavy atom. The molecule has 3 aliphatic rings. The van der Waals surface area contributed by atoms with Crippen molar-refractivity contribution in [3.8, 4) is 6.07 Å². The Morgan fingerprint density at radius 3 is 2.25 bits per heavy atom. The van der Waals surface area contributed by atoms with Crippen LogP contribution >= 0.6 is 0 Å². The van der Waals surface area contributed by atoms with Crippen molar-refractivity contribution in [3.05, 3.63) is 59.1 Å². The molecule has 1 aliphatic heterocycles. The summed E-state index contributed by atoms with van der Waals surface area (Å²) in [6.45, 7) is 12.9. The van der Waals surface area contributed by atoms with Crippen LogP contribution in [-0.2, 0) is 6.42 Å². The largest absolute Gasteiger partial charge is 0.390 e. The predicted octanol–water partition coefficient (Wildman–Crippen LogP) is 9.74. The van der Waals surface area contributed by atoms with Crippen LogP contribution in [0.4, 0.5) is 8.78 Å². The van der Waals surface area contributed by atoms with Gasteiger partial charge in [-0.05, 0) is 55.2 Å². The Balaban J connectivity index is 0.000000433. The molecule has 0 saturated heterocycles. The molecule has 1 aromatic heterocycles. The zero-order valence-corrected chi connectivity index (χ0v) is 25.7. The van der Waals surface area contributed by atoms with Crippen molar-refractivity contribution in [2.45, 2.75) is 112 Å². The summed E-state index contributed by atoms with van der Waals surface area (Å²) < 4.78 is 28.1. The van der Waals surface area contributed by atoms with E-state index in [1.807, 2.05) is 45.2 Å². The van der Waals surface area contributed by atoms with E-state index in [0.29, 0.717) is 11.1 Å². The molecule has 1 aromatic carbocycles. The molecule has 4 nitrogen and oxygen atoms in total. The Kier molecular flexibility index (Phi) is 14.1. The minimum absolute atomic E-state index is 0.253. The first-order valence-electron chi connectivity index (χ1n) is 15.3. The fourth-order valence-corrected chi connectivity index (χ4v) is 5.18. The second-order valence-electron chi connectivity index (χ2n) is 10.9. The summed E-state index contributed by atoms with van der Waals surface area (Å²) >= 11 is 0. The maximum atomic E-state index is 13.0. The van der Waals surface area contributed by atoms with Gasteiger partial charge in [-0.25, -0.2) is 8.78 Å². The van der Waals surface area contributed by atoms with Crippen LogP contribution in [0.5, 0.6) is 0 Å². The maximum Gasteiger partial charge on any atom is 0.242 e. The third kappa shape index (κ3) is 9.04. The van der Waals surface area contributed by atoms with Crippen LogP contribution < -0.4 is 5.32 Å². The van der Waals surface area contributed by atoms with Gasteiger partial charge in [0.15, 0.2) is 0 Å². The van der Waals surface area contributed by atoms with Crippen LogP contribution in [0.1, 0.15) is 116 Å². The Labute approximate surface area is 241 Å². The minimum atomic E-state index is -2.39. The van der Waals surface area contributed by atoms with Gasteiger partial charge in [0.2, 0.25) is 6.43 Å². The second-order valence-corrected chi connectivity index (χ2v) is 10.9. The highest BCUT2D eigenvalue weighted by Gasteiger charge is 2.28. The van der Waals surface area contributed by atoms with Crippen LogP contribution in [0.15, 0.2) is 47.2 Å². The van der Waals surface area contributed by atoms with Crippen LogP contribution in [-0.4, -0.2) is 23.8 Å². The van der Waals surface area contributed by atoms with Gasteiger partial charge in [0.05, 0.1) is 22.5 Å². The van der Waals surface area contributed by atoms with Crippen molar-refractivity contribution in [1.82, 2.24) is 9.88 Å². The van der Waals surface area contributed by atoms with Crippen LogP contribution in [0.3, 0.4) is 0 Å². The van der Waals surface area contributed by atoms with Crippen LogP contribution in [0.2, 0.25) is 0 Å². The molecule has 0 bridgehead atoms. The third-order valence-corrected chi connectivity index (χ3v) is 7.36. The molecule has 0 atom stereocenters. The fraction of sp³-hybridized carbons (Fsp3) is 0.588. The molecule has 1 N–H and O–H groups in total. The van der Waals surface area contributed by atoms with Crippen molar-refractivity contribution >= 4 is 16.6 Å². The fourth-order valence-electron chi connectivity index (χ4n) is 5.18. The van der Waals surface area contributed by atoms with Gasteiger partial charge in [-0.2, -0.15) is 5.26 Å². The second kappa shape index (κ2) is 17.0. The standard InChI is InChI=1S/C23H24F2N4.C6H12.C3H8.C2H6/c1-27-16-5-4-8-20(28-14-16)23-19(13-26)18-10-9-15(12-22(24)25)11-21(18)29(23)17-6-2-3-7-17;1-5(2)6-3-4-6;1-3-2;1-2/h4,8-11,14,17,22,27H,2-3,5-7,12H2,1H3;5-6H,3-4H2,1-2H3;3H2,1-2H3;1-2H3. The summed E-state index contributed by atoms with van der Waals surface area (Å²) in [5, 5.41) is 13.9. The zero-order chi connectivity index (χ0) is 29.7. The van der Waals surface area contributed by atoms with Gasteiger partial charge in [-0.3, -0.25) is 4.99 Å². The van der Waals surface area contributed by atoms with E-state index in [4.69, 9.17) is 0 Å². The smallest absolute Gasteiger partial charge is 0.242 e. The van der Waals surface area contributed by atoms with Gasteiger partial charge in [-0.15, -0.1) is 0 Å². The van der Waals surface area contributed by atoms with Gasteiger partial charge >= 0.3 is 0 Å².